The van der Waals surface area contributed by atoms with Gasteiger partial charge in [-0.2, -0.15) is 5.26 Å². The summed E-state index contributed by atoms with van der Waals surface area (Å²) in [5, 5.41) is 8.97. The minimum Gasteiger partial charge on any atom is -0.443 e. The van der Waals surface area contributed by atoms with Crippen LogP contribution in [0.15, 0.2) is 29.3 Å². The van der Waals surface area contributed by atoms with Crippen molar-refractivity contribution in [3.63, 3.8) is 0 Å². The Morgan fingerprint density at radius 3 is 2.72 bits per heavy atom. The Kier molecular flexibility index (Phi) is 4.91. The fourth-order valence-corrected chi connectivity index (χ4v) is 3.25. The first kappa shape index (κ1) is 17.2. The molecule has 0 aromatic heterocycles. The number of ether oxygens (including phenoxy) is 1. The van der Waals surface area contributed by atoms with Crippen molar-refractivity contribution in [3.8, 4) is 6.07 Å². The SMILES string of the molecule is CC(C#N)=C1CCN(c2ccc(N3C[C@H](CN)OC3=O)cc2F)CC1. The van der Waals surface area contributed by atoms with Crippen LogP contribution in [0.4, 0.5) is 20.6 Å². The van der Waals surface area contributed by atoms with Gasteiger partial charge in [-0.3, -0.25) is 4.90 Å². The number of halogens is 1. The molecule has 2 aliphatic heterocycles. The highest BCUT2D eigenvalue weighted by molar-refractivity contribution is 5.90. The van der Waals surface area contributed by atoms with E-state index in [-0.39, 0.29) is 18.5 Å². The van der Waals surface area contributed by atoms with Gasteiger partial charge < -0.3 is 15.4 Å². The minimum absolute atomic E-state index is 0.245. The Morgan fingerprint density at radius 1 is 1.44 bits per heavy atom. The Morgan fingerprint density at radius 2 is 2.16 bits per heavy atom. The molecule has 0 spiro atoms. The topological polar surface area (TPSA) is 82.6 Å². The van der Waals surface area contributed by atoms with Crippen LogP contribution in [0.5, 0.6) is 0 Å². The molecule has 2 aliphatic rings. The van der Waals surface area contributed by atoms with Crippen molar-refractivity contribution in [3.05, 3.63) is 35.2 Å². The van der Waals surface area contributed by atoms with Crippen LogP contribution in [-0.4, -0.2) is 38.4 Å². The molecular weight excluding hydrogens is 323 g/mol. The first-order valence-electron chi connectivity index (χ1n) is 8.35. The number of benzene rings is 1. The van der Waals surface area contributed by atoms with Crippen molar-refractivity contribution in [2.24, 2.45) is 5.73 Å². The molecule has 6 nitrogen and oxygen atoms in total. The Balaban J connectivity index is 1.73. The van der Waals surface area contributed by atoms with Crippen LogP contribution in [0.2, 0.25) is 0 Å². The number of cyclic esters (lactones) is 1. The van der Waals surface area contributed by atoms with E-state index in [1.54, 1.807) is 12.1 Å². The molecule has 1 aromatic carbocycles. The molecule has 0 unspecified atom stereocenters. The van der Waals surface area contributed by atoms with Gasteiger partial charge >= 0.3 is 6.09 Å². The fourth-order valence-electron chi connectivity index (χ4n) is 3.25. The Bertz CT molecular complexity index is 746. The largest absolute Gasteiger partial charge is 0.443 e. The zero-order chi connectivity index (χ0) is 18.0. The number of piperidine rings is 1. The summed E-state index contributed by atoms with van der Waals surface area (Å²) < 4.78 is 19.7. The normalized spacial score (nSPS) is 20.5. The van der Waals surface area contributed by atoms with Crippen LogP contribution in [-0.2, 0) is 4.74 Å². The lowest BCUT2D eigenvalue weighted by molar-refractivity contribution is 0.145. The predicted octanol–water partition coefficient (Wildman–Crippen LogP) is 2.55. The van der Waals surface area contributed by atoms with Crippen LogP contribution in [0.1, 0.15) is 19.8 Å². The van der Waals surface area contributed by atoms with Gasteiger partial charge in [0.05, 0.1) is 24.0 Å². The fraction of sp³-hybridized carbons (Fsp3) is 0.444. The number of hydrogen-bond donors (Lipinski definition) is 1. The van der Waals surface area contributed by atoms with E-state index in [9.17, 15) is 9.18 Å². The van der Waals surface area contributed by atoms with Gasteiger partial charge in [0.2, 0.25) is 0 Å². The molecule has 1 amide bonds. The first-order valence-corrected chi connectivity index (χ1v) is 8.35. The number of nitriles is 1. The van der Waals surface area contributed by atoms with Crippen molar-refractivity contribution < 1.29 is 13.9 Å². The second-order valence-corrected chi connectivity index (χ2v) is 6.32. The van der Waals surface area contributed by atoms with Crippen LogP contribution >= 0.6 is 0 Å². The number of nitrogens with zero attached hydrogens (tertiary/aromatic N) is 3. The van der Waals surface area contributed by atoms with E-state index in [0.717, 1.165) is 24.0 Å². The second kappa shape index (κ2) is 7.11. The van der Waals surface area contributed by atoms with Crippen molar-refractivity contribution in [1.82, 2.24) is 0 Å². The number of allylic oxidation sites excluding steroid dienone is 1. The second-order valence-electron chi connectivity index (χ2n) is 6.32. The Hall–Kier alpha value is -2.59. The van der Waals surface area contributed by atoms with Crippen molar-refractivity contribution in [1.29, 1.82) is 5.26 Å². The highest BCUT2D eigenvalue weighted by atomic mass is 19.1. The molecule has 0 aliphatic carbocycles. The third kappa shape index (κ3) is 3.44. The van der Waals surface area contributed by atoms with Crippen molar-refractivity contribution in [2.75, 3.05) is 36.0 Å². The molecular formula is C18H21FN4O2. The smallest absolute Gasteiger partial charge is 0.414 e. The molecule has 0 bridgehead atoms. The maximum Gasteiger partial charge on any atom is 0.414 e. The maximum atomic E-state index is 14.6. The quantitative estimate of drug-likeness (QED) is 0.852. The lowest BCUT2D eigenvalue weighted by Crippen LogP contribution is -2.32. The summed E-state index contributed by atoms with van der Waals surface area (Å²) in [4.78, 5) is 15.2. The number of amides is 1. The molecule has 2 fully saturated rings. The monoisotopic (exact) mass is 344 g/mol. The number of nitrogens with two attached hydrogens (primary N) is 1. The highest BCUT2D eigenvalue weighted by Crippen LogP contribution is 2.30. The number of hydrogen-bond acceptors (Lipinski definition) is 5. The van der Waals surface area contributed by atoms with E-state index in [0.29, 0.717) is 31.0 Å². The zero-order valence-corrected chi connectivity index (χ0v) is 14.2. The summed E-state index contributed by atoms with van der Waals surface area (Å²) in [5.74, 6) is -0.370. The zero-order valence-electron chi connectivity index (χ0n) is 14.2. The van der Waals surface area contributed by atoms with Gasteiger partial charge in [-0.1, -0.05) is 5.57 Å². The van der Waals surface area contributed by atoms with Gasteiger partial charge in [-0.05, 0) is 38.0 Å². The summed E-state index contributed by atoms with van der Waals surface area (Å²) in [6, 6.07) is 6.96. The highest BCUT2D eigenvalue weighted by Gasteiger charge is 2.32. The van der Waals surface area contributed by atoms with Crippen LogP contribution in [0.25, 0.3) is 0 Å². The van der Waals surface area contributed by atoms with Crippen LogP contribution in [0, 0.1) is 17.1 Å². The number of anilines is 2. The van der Waals surface area contributed by atoms with Gasteiger partial charge in [-0.15, -0.1) is 0 Å². The molecule has 2 heterocycles. The lowest BCUT2D eigenvalue weighted by Gasteiger charge is -2.31. The van der Waals surface area contributed by atoms with Gasteiger partial charge in [0, 0.05) is 25.2 Å². The van der Waals surface area contributed by atoms with E-state index in [2.05, 4.69) is 6.07 Å². The van der Waals surface area contributed by atoms with Gasteiger partial charge in [0.15, 0.2) is 0 Å². The van der Waals surface area contributed by atoms with Crippen LogP contribution < -0.4 is 15.5 Å². The summed E-state index contributed by atoms with van der Waals surface area (Å²) in [7, 11) is 0. The summed E-state index contributed by atoms with van der Waals surface area (Å²) >= 11 is 0. The molecule has 2 N–H and O–H groups in total. The molecule has 7 heteroatoms. The van der Waals surface area contributed by atoms with Gasteiger partial charge in [-0.25, -0.2) is 9.18 Å². The van der Waals surface area contributed by atoms with E-state index in [1.165, 1.54) is 11.0 Å². The first-order chi connectivity index (χ1) is 12.0. The molecule has 0 saturated carbocycles. The maximum absolute atomic E-state index is 14.6. The van der Waals surface area contributed by atoms with E-state index in [4.69, 9.17) is 15.7 Å². The predicted molar refractivity (Wildman–Crippen MR) is 92.8 cm³/mol. The standard InChI is InChI=1S/C18H21FN4O2/c1-12(9-20)13-4-6-22(7-5-13)17-3-2-14(8-16(17)19)23-11-15(10-21)25-18(23)24/h2-3,8,15H,4-7,10-11,21H2,1H3/t15-/m0/s1. The van der Waals surface area contributed by atoms with Gasteiger partial charge in [0.1, 0.15) is 11.9 Å². The van der Waals surface area contributed by atoms with Gasteiger partial charge in [0.25, 0.3) is 0 Å². The number of rotatable bonds is 3. The molecule has 25 heavy (non-hydrogen) atoms. The van der Waals surface area contributed by atoms with Crippen molar-refractivity contribution >= 4 is 17.5 Å². The average molecular weight is 344 g/mol. The van der Waals surface area contributed by atoms with E-state index < -0.39 is 6.09 Å². The molecule has 2 saturated heterocycles. The number of carbonyl (C=O) groups excluding carboxylic acids is 1. The van der Waals surface area contributed by atoms with Crippen molar-refractivity contribution in [2.45, 2.75) is 25.9 Å². The summed E-state index contributed by atoms with van der Waals surface area (Å²) in [6.45, 7) is 3.75. The van der Waals surface area contributed by atoms with E-state index in [1.807, 2.05) is 11.8 Å². The average Bonchev–Trinajstić information content (AvgIpc) is 3.02. The molecule has 132 valence electrons. The van der Waals surface area contributed by atoms with Crippen LogP contribution in [0.3, 0.4) is 0 Å². The lowest BCUT2D eigenvalue weighted by atomic mass is 9.99. The summed E-state index contributed by atoms with van der Waals surface area (Å²) in [6.07, 6.45) is 0.669. The molecule has 1 aromatic rings. The third-order valence-corrected chi connectivity index (χ3v) is 4.79. The summed E-state index contributed by atoms with van der Waals surface area (Å²) in [5.41, 5.74) is 8.41. The minimum atomic E-state index is -0.498. The number of carbonyl (C=O) groups is 1. The molecule has 0 radical (unpaired) electrons. The molecule has 3 rings (SSSR count). The van der Waals surface area contributed by atoms with E-state index >= 15 is 0 Å². The molecule has 1 atom stereocenters. The third-order valence-electron chi connectivity index (χ3n) is 4.79. The Labute approximate surface area is 146 Å².